The monoisotopic (exact) mass is 468 g/mol. The van der Waals surface area contributed by atoms with Crippen LogP contribution in [0.15, 0.2) is 71.8 Å². The van der Waals surface area contributed by atoms with Crippen LogP contribution in [0, 0.1) is 6.92 Å². The van der Waals surface area contributed by atoms with Gasteiger partial charge in [-0.2, -0.15) is 5.10 Å². The van der Waals surface area contributed by atoms with Crippen LogP contribution < -0.4 is 16.1 Å². The Morgan fingerprint density at radius 3 is 2.41 bits per heavy atom. The summed E-state index contributed by atoms with van der Waals surface area (Å²) in [6, 6.07) is 18.6. The van der Waals surface area contributed by atoms with Crippen molar-refractivity contribution in [2.45, 2.75) is 6.92 Å². The van der Waals surface area contributed by atoms with E-state index in [4.69, 9.17) is 23.2 Å². The van der Waals surface area contributed by atoms with Crippen molar-refractivity contribution in [1.29, 1.82) is 0 Å². The minimum absolute atomic E-state index is 0.180. The van der Waals surface area contributed by atoms with Gasteiger partial charge in [0.15, 0.2) is 0 Å². The number of hydrogen-bond acceptors (Lipinski definition) is 4. The first-order chi connectivity index (χ1) is 15.3. The highest BCUT2D eigenvalue weighted by atomic mass is 35.5. The molecule has 7 nitrogen and oxygen atoms in total. The van der Waals surface area contributed by atoms with Gasteiger partial charge in [0, 0.05) is 11.3 Å². The second-order valence-electron chi connectivity index (χ2n) is 6.67. The van der Waals surface area contributed by atoms with Crippen molar-refractivity contribution < 1.29 is 14.4 Å². The molecule has 0 bridgehead atoms. The Morgan fingerprint density at radius 1 is 0.875 bits per heavy atom. The van der Waals surface area contributed by atoms with Gasteiger partial charge in [-0.1, -0.05) is 59.6 Å². The van der Waals surface area contributed by atoms with Crippen molar-refractivity contribution in [1.82, 2.24) is 5.43 Å². The van der Waals surface area contributed by atoms with E-state index in [1.165, 1.54) is 18.3 Å². The number of hydrazone groups is 1. The summed E-state index contributed by atoms with van der Waals surface area (Å²) in [5, 5.41) is 9.51. The van der Waals surface area contributed by atoms with Gasteiger partial charge in [-0.15, -0.1) is 0 Å². The summed E-state index contributed by atoms with van der Waals surface area (Å²) in [5.74, 6) is -2.44. The maximum absolute atomic E-state index is 12.7. The first-order valence-corrected chi connectivity index (χ1v) is 10.2. The molecule has 0 aliphatic rings. The van der Waals surface area contributed by atoms with Crippen LogP contribution in [0.3, 0.4) is 0 Å². The lowest BCUT2D eigenvalue weighted by molar-refractivity contribution is -0.136. The smallest absolute Gasteiger partial charge is 0.322 e. The van der Waals surface area contributed by atoms with E-state index in [-0.39, 0.29) is 16.3 Å². The van der Waals surface area contributed by atoms with Crippen LogP contribution in [0.1, 0.15) is 21.5 Å². The standard InChI is InChI=1S/C23H18Cl2N4O3/c1-14-6-4-8-16(12-14)27-21(30)17-9-2-3-11-19(17)28-22(31)23(32)29-26-13-15-7-5-10-18(24)20(15)25/h2-13H,1H3,(H,27,30)(H,28,31)(H,29,32)/b26-13+. The maximum atomic E-state index is 12.7. The second-order valence-corrected chi connectivity index (χ2v) is 7.45. The second kappa shape index (κ2) is 10.6. The SMILES string of the molecule is Cc1cccc(NC(=O)c2ccccc2NC(=O)C(=O)N/N=C/c2cccc(Cl)c2Cl)c1. The van der Waals surface area contributed by atoms with Crippen molar-refractivity contribution in [3.05, 3.63) is 93.5 Å². The molecule has 0 unspecified atom stereocenters. The van der Waals surface area contributed by atoms with Crippen molar-refractivity contribution >= 4 is 58.5 Å². The summed E-state index contributed by atoms with van der Waals surface area (Å²) in [6.07, 6.45) is 1.27. The molecule has 0 atom stereocenters. The normalized spacial score (nSPS) is 10.6. The lowest BCUT2D eigenvalue weighted by Gasteiger charge is -2.11. The average molecular weight is 469 g/mol. The summed E-state index contributed by atoms with van der Waals surface area (Å²) in [4.78, 5) is 37.1. The molecule has 3 amide bonds. The van der Waals surface area contributed by atoms with Gasteiger partial charge in [0.1, 0.15) is 0 Å². The molecule has 0 saturated carbocycles. The molecule has 0 fully saturated rings. The maximum Gasteiger partial charge on any atom is 0.329 e. The van der Waals surface area contributed by atoms with E-state index in [0.717, 1.165) is 5.56 Å². The Hall–Kier alpha value is -3.68. The zero-order chi connectivity index (χ0) is 23.1. The van der Waals surface area contributed by atoms with E-state index >= 15 is 0 Å². The molecule has 0 aromatic heterocycles. The molecule has 3 aromatic rings. The van der Waals surface area contributed by atoms with Crippen LogP contribution in [-0.4, -0.2) is 23.9 Å². The summed E-state index contributed by atoms with van der Waals surface area (Å²) in [5.41, 5.74) is 4.56. The molecule has 0 saturated heterocycles. The number of rotatable bonds is 5. The molecule has 0 spiro atoms. The molecular formula is C23H18Cl2N4O3. The Kier molecular flexibility index (Phi) is 7.59. The average Bonchev–Trinajstić information content (AvgIpc) is 2.77. The fourth-order valence-electron chi connectivity index (χ4n) is 2.72. The Balaban J connectivity index is 1.66. The highest BCUT2D eigenvalue weighted by Crippen LogP contribution is 2.24. The van der Waals surface area contributed by atoms with Gasteiger partial charge < -0.3 is 10.6 Å². The van der Waals surface area contributed by atoms with Gasteiger partial charge in [0.2, 0.25) is 0 Å². The number of para-hydroxylation sites is 1. The first-order valence-electron chi connectivity index (χ1n) is 9.40. The molecule has 3 rings (SSSR count). The van der Waals surface area contributed by atoms with Gasteiger partial charge in [0.25, 0.3) is 5.91 Å². The molecule has 32 heavy (non-hydrogen) atoms. The van der Waals surface area contributed by atoms with Crippen LogP contribution in [-0.2, 0) is 9.59 Å². The third kappa shape index (κ3) is 5.94. The number of halogens is 2. The number of benzene rings is 3. The summed E-state index contributed by atoms with van der Waals surface area (Å²) in [6.45, 7) is 1.91. The number of nitrogens with zero attached hydrogens (tertiary/aromatic N) is 1. The van der Waals surface area contributed by atoms with Crippen LogP contribution >= 0.6 is 23.2 Å². The van der Waals surface area contributed by atoms with Crippen LogP contribution in [0.2, 0.25) is 10.0 Å². The molecule has 3 aromatic carbocycles. The fourth-order valence-corrected chi connectivity index (χ4v) is 3.08. The van der Waals surface area contributed by atoms with E-state index in [9.17, 15) is 14.4 Å². The van der Waals surface area contributed by atoms with Crippen molar-refractivity contribution in [2.24, 2.45) is 5.10 Å². The molecular weight excluding hydrogens is 451 g/mol. The number of hydrogen-bond donors (Lipinski definition) is 3. The highest BCUT2D eigenvalue weighted by molar-refractivity contribution is 6.43. The largest absolute Gasteiger partial charge is 0.329 e. The first kappa shape index (κ1) is 23.0. The Bertz CT molecular complexity index is 1210. The van der Waals surface area contributed by atoms with Gasteiger partial charge in [-0.3, -0.25) is 14.4 Å². The number of carbonyl (C=O) groups is 3. The molecule has 9 heteroatoms. The number of anilines is 2. The van der Waals surface area contributed by atoms with E-state index in [1.807, 2.05) is 25.1 Å². The summed E-state index contributed by atoms with van der Waals surface area (Å²) in [7, 11) is 0. The van der Waals surface area contributed by atoms with Gasteiger partial charge in [-0.25, -0.2) is 5.43 Å². The van der Waals surface area contributed by atoms with Crippen LogP contribution in [0.25, 0.3) is 0 Å². The topological polar surface area (TPSA) is 99.7 Å². The lowest BCUT2D eigenvalue weighted by Crippen LogP contribution is -2.33. The summed E-state index contributed by atoms with van der Waals surface area (Å²) < 4.78 is 0. The molecule has 3 N–H and O–H groups in total. The van der Waals surface area contributed by atoms with Crippen molar-refractivity contribution in [3.63, 3.8) is 0 Å². The number of nitrogens with one attached hydrogen (secondary N) is 3. The third-order valence-electron chi connectivity index (χ3n) is 4.25. The predicted octanol–water partition coefficient (Wildman–Crippen LogP) is 4.64. The zero-order valence-corrected chi connectivity index (χ0v) is 18.4. The Labute approximate surface area is 194 Å². The van der Waals surface area contributed by atoms with E-state index in [2.05, 4.69) is 21.2 Å². The molecule has 0 aliphatic carbocycles. The predicted molar refractivity (Wildman–Crippen MR) is 126 cm³/mol. The summed E-state index contributed by atoms with van der Waals surface area (Å²) >= 11 is 12.0. The molecule has 162 valence electrons. The molecule has 0 aliphatic heterocycles. The zero-order valence-electron chi connectivity index (χ0n) is 16.9. The van der Waals surface area contributed by atoms with Crippen LogP contribution in [0.5, 0.6) is 0 Å². The number of amides is 3. The highest BCUT2D eigenvalue weighted by Gasteiger charge is 2.18. The minimum atomic E-state index is -1.02. The van der Waals surface area contributed by atoms with Gasteiger partial charge in [0.05, 0.1) is 27.5 Å². The lowest BCUT2D eigenvalue weighted by atomic mass is 10.1. The van der Waals surface area contributed by atoms with E-state index in [1.54, 1.807) is 36.4 Å². The van der Waals surface area contributed by atoms with Crippen LogP contribution in [0.4, 0.5) is 11.4 Å². The van der Waals surface area contributed by atoms with Crippen molar-refractivity contribution in [2.75, 3.05) is 10.6 Å². The quantitative estimate of drug-likeness (QED) is 0.288. The number of carbonyl (C=O) groups excluding carboxylic acids is 3. The molecule has 0 radical (unpaired) electrons. The molecule has 0 heterocycles. The van der Waals surface area contributed by atoms with Gasteiger partial charge >= 0.3 is 11.8 Å². The number of aryl methyl sites for hydroxylation is 1. The van der Waals surface area contributed by atoms with Gasteiger partial charge in [-0.05, 0) is 42.8 Å². The van der Waals surface area contributed by atoms with E-state index in [0.29, 0.717) is 16.3 Å². The van der Waals surface area contributed by atoms with Crippen molar-refractivity contribution in [3.8, 4) is 0 Å². The minimum Gasteiger partial charge on any atom is -0.322 e. The fraction of sp³-hybridized carbons (Fsp3) is 0.0435. The third-order valence-corrected chi connectivity index (χ3v) is 5.09. The Morgan fingerprint density at radius 2 is 1.62 bits per heavy atom. The van der Waals surface area contributed by atoms with E-state index < -0.39 is 17.7 Å².